The van der Waals surface area contributed by atoms with Crippen molar-refractivity contribution in [3.05, 3.63) is 70.5 Å². The molecule has 1 fully saturated rings. The monoisotopic (exact) mass is 401 g/mol. The zero-order valence-corrected chi connectivity index (χ0v) is 15.0. The molecule has 8 heteroatoms. The molecule has 1 aliphatic heterocycles. The van der Waals surface area contributed by atoms with Gasteiger partial charge in [-0.3, -0.25) is 0 Å². The third kappa shape index (κ3) is 4.87. The second kappa shape index (κ2) is 8.98. The van der Waals surface area contributed by atoms with Crippen molar-refractivity contribution in [1.29, 1.82) is 0 Å². The van der Waals surface area contributed by atoms with Crippen molar-refractivity contribution >= 4 is 0 Å². The van der Waals surface area contributed by atoms with Gasteiger partial charge in [-0.05, 0) is 48.4 Å². The van der Waals surface area contributed by atoms with E-state index < -0.39 is 42.4 Å². The van der Waals surface area contributed by atoms with E-state index in [2.05, 4.69) is 5.32 Å². The largest absolute Gasteiger partial charge is 0.349 e. The Kier molecular flexibility index (Phi) is 6.64. The van der Waals surface area contributed by atoms with Crippen molar-refractivity contribution in [3.8, 4) is 0 Å². The van der Waals surface area contributed by atoms with Gasteiger partial charge in [0.2, 0.25) is 0 Å². The third-order valence-corrected chi connectivity index (χ3v) is 4.56. The van der Waals surface area contributed by atoms with Gasteiger partial charge in [0, 0.05) is 17.7 Å². The lowest BCUT2D eigenvalue weighted by Gasteiger charge is -2.34. The Morgan fingerprint density at radius 3 is 2.11 bits per heavy atom. The number of nitrogens with one attached hydrogen (secondary N) is 1. The number of alkyl halides is 4. The van der Waals surface area contributed by atoms with Crippen molar-refractivity contribution in [1.82, 2.24) is 5.32 Å². The van der Waals surface area contributed by atoms with Crippen LogP contribution in [0.25, 0.3) is 0 Å². The maximum absolute atomic E-state index is 13.2. The van der Waals surface area contributed by atoms with Crippen LogP contribution in [0.4, 0.5) is 22.0 Å². The van der Waals surface area contributed by atoms with Crippen LogP contribution in [0.2, 0.25) is 0 Å². The summed E-state index contributed by atoms with van der Waals surface area (Å²) in [5.74, 6) is -0.380. The second-order valence-corrected chi connectivity index (χ2v) is 6.54. The summed E-state index contributed by atoms with van der Waals surface area (Å²) in [7, 11) is 0. The molecule has 0 spiro atoms. The summed E-state index contributed by atoms with van der Waals surface area (Å²) in [6.07, 6.45) is -7.31. The lowest BCUT2D eigenvalue weighted by molar-refractivity contribution is -0.200. The van der Waals surface area contributed by atoms with Crippen LogP contribution in [0.5, 0.6) is 0 Å². The van der Waals surface area contributed by atoms with Crippen molar-refractivity contribution < 1.29 is 31.4 Å². The molecule has 28 heavy (non-hydrogen) atoms. The fourth-order valence-corrected chi connectivity index (χ4v) is 3.11. The van der Waals surface area contributed by atoms with E-state index in [1.165, 1.54) is 12.1 Å². The molecule has 0 unspecified atom stereocenters. The molecule has 1 N–H and O–H groups in total. The molecule has 1 heterocycles. The lowest BCUT2D eigenvalue weighted by Crippen LogP contribution is -2.43. The quantitative estimate of drug-likeness (QED) is 0.652. The first-order valence-corrected chi connectivity index (χ1v) is 8.82. The van der Waals surface area contributed by atoms with Crippen LogP contribution in [0.15, 0.2) is 42.5 Å². The Morgan fingerprint density at radius 2 is 1.54 bits per heavy atom. The molecule has 152 valence electrons. The van der Waals surface area contributed by atoms with E-state index in [9.17, 15) is 22.0 Å². The van der Waals surface area contributed by atoms with Crippen molar-refractivity contribution in [3.63, 3.8) is 0 Å². The van der Waals surface area contributed by atoms with Gasteiger partial charge in [0.25, 0.3) is 12.9 Å². The Hall–Kier alpha value is -2.03. The standard InChI is InChI=1S/C20H20F5NO2/c1-11(13-8-14(18(22)23)10-15(9-13)19(24)25)28-20-17(26-6-7-27-20)12-2-4-16(21)5-3-12/h2-5,8-11,17-20,26H,6-7H2,1H3/t11-,17-,20+/m0/s1. The van der Waals surface area contributed by atoms with E-state index in [0.29, 0.717) is 13.2 Å². The number of hydrogen-bond acceptors (Lipinski definition) is 3. The summed E-state index contributed by atoms with van der Waals surface area (Å²) >= 11 is 0. The van der Waals surface area contributed by atoms with E-state index in [1.54, 1.807) is 19.1 Å². The SMILES string of the molecule is C[C@H](O[C@H]1OCCN[C@H]1c1ccc(F)cc1)c1cc(C(F)F)cc(C(F)F)c1. The number of benzene rings is 2. The number of halogens is 5. The highest BCUT2D eigenvalue weighted by atomic mass is 19.3. The molecule has 1 saturated heterocycles. The molecule has 0 aliphatic carbocycles. The van der Waals surface area contributed by atoms with Gasteiger partial charge in [-0.25, -0.2) is 22.0 Å². The smallest absolute Gasteiger partial charge is 0.263 e. The molecule has 2 aromatic carbocycles. The minimum absolute atomic E-state index is 0.208. The molecule has 3 atom stereocenters. The number of rotatable bonds is 6. The average Bonchev–Trinajstić information content (AvgIpc) is 2.68. The Bertz CT molecular complexity index is 758. The van der Waals surface area contributed by atoms with Crippen LogP contribution in [-0.4, -0.2) is 19.4 Å². The van der Waals surface area contributed by atoms with E-state index in [1.807, 2.05) is 0 Å². The topological polar surface area (TPSA) is 30.5 Å². The van der Waals surface area contributed by atoms with Gasteiger partial charge in [-0.15, -0.1) is 0 Å². The van der Waals surface area contributed by atoms with E-state index in [0.717, 1.165) is 23.8 Å². The summed E-state index contributed by atoms with van der Waals surface area (Å²) < 4.78 is 77.0. The zero-order valence-electron chi connectivity index (χ0n) is 15.0. The van der Waals surface area contributed by atoms with Crippen LogP contribution >= 0.6 is 0 Å². The number of ether oxygens (including phenoxy) is 2. The van der Waals surface area contributed by atoms with Crippen LogP contribution < -0.4 is 5.32 Å². The van der Waals surface area contributed by atoms with E-state index in [-0.39, 0.29) is 11.4 Å². The normalized spacial score (nSPS) is 21.3. The summed E-state index contributed by atoms with van der Waals surface area (Å²) in [6.45, 7) is 2.49. The lowest BCUT2D eigenvalue weighted by atomic mass is 10.0. The molecule has 0 aromatic heterocycles. The molecule has 0 saturated carbocycles. The van der Waals surface area contributed by atoms with Crippen molar-refractivity contribution in [2.24, 2.45) is 0 Å². The fourth-order valence-electron chi connectivity index (χ4n) is 3.11. The number of hydrogen-bond donors (Lipinski definition) is 1. The summed E-state index contributed by atoms with van der Waals surface area (Å²) in [6, 6.07) is 8.51. The Morgan fingerprint density at radius 1 is 0.964 bits per heavy atom. The van der Waals surface area contributed by atoms with Gasteiger partial charge >= 0.3 is 0 Å². The van der Waals surface area contributed by atoms with E-state index >= 15 is 0 Å². The molecule has 0 amide bonds. The maximum atomic E-state index is 13.2. The first-order chi connectivity index (χ1) is 13.3. The Balaban J connectivity index is 1.82. The van der Waals surface area contributed by atoms with Crippen molar-refractivity contribution in [2.45, 2.75) is 38.2 Å². The van der Waals surface area contributed by atoms with Gasteiger partial charge in [0.15, 0.2) is 6.29 Å². The summed E-state index contributed by atoms with van der Waals surface area (Å²) in [5.41, 5.74) is -0.0323. The van der Waals surface area contributed by atoms with Crippen LogP contribution in [0.3, 0.4) is 0 Å². The summed E-state index contributed by atoms with van der Waals surface area (Å²) in [4.78, 5) is 0. The predicted octanol–water partition coefficient (Wildman–Crippen LogP) is 5.47. The first kappa shape index (κ1) is 20.7. The second-order valence-electron chi connectivity index (χ2n) is 6.54. The van der Waals surface area contributed by atoms with Gasteiger partial charge in [0.05, 0.1) is 18.8 Å². The molecular formula is C20H20F5NO2. The molecule has 0 bridgehead atoms. The summed E-state index contributed by atoms with van der Waals surface area (Å²) in [5, 5.41) is 3.21. The highest BCUT2D eigenvalue weighted by Crippen LogP contribution is 2.33. The highest BCUT2D eigenvalue weighted by molar-refractivity contribution is 5.33. The van der Waals surface area contributed by atoms with Gasteiger partial charge in [0.1, 0.15) is 5.82 Å². The predicted molar refractivity (Wildman–Crippen MR) is 92.7 cm³/mol. The molecule has 3 nitrogen and oxygen atoms in total. The van der Waals surface area contributed by atoms with Crippen LogP contribution in [-0.2, 0) is 9.47 Å². The fraction of sp³-hybridized carbons (Fsp3) is 0.400. The third-order valence-electron chi connectivity index (χ3n) is 4.56. The van der Waals surface area contributed by atoms with E-state index in [4.69, 9.17) is 9.47 Å². The van der Waals surface area contributed by atoms with Crippen LogP contribution in [0.1, 0.15) is 54.2 Å². The van der Waals surface area contributed by atoms with Crippen LogP contribution in [0, 0.1) is 5.82 Å². The molecule has 0 radical (unpaired) electrons. The molecular weight excluding hydrogens is 381 g/mol. The molecule has 1 aliphatic rings. The minimum atomic E-state index is -2.87. The molecule has 3 rings (SSSR count). The highest BCUT2D eigenvalue weighted by Gasteiger charge is 2.30. The van der Waals surface area contributed by atoms with Crippen molar-refractivity contribution in [2.75, 3.05) is 13.2 Å². The molecule has 2 aromatic rings. The van der Waals surface area contributed by atoms with Gasteiger partial charge < -0.3 is 14.8 Å². The van der Waals surface area contributed by atoms with Gasteiger partial charge in [-0.2, -0.15) is 0 Å². The maximum Gasteiger partial charge on any atom is 0.263 e. The minimum Gasteiger partial charge on any atom is -0.349 e. The zero-order chi connectivity index (χ0) is 20.3. The first-order valence-electron chi connectivity index (χ1n) is 8.82. The van der Waals surface area contributed by atoms with Gasteiger partial charge in [-0.1, -0.05) is 12.1 Å². The average molecular weight is 401 g/mol. The Labute approximate surface area is 159 Å². The number of morpholine rings is 1.